The molecule has 0 aromatic heterocycles. The molecule has 2 aromatic carbocycles. The highest BCUT2D eigenvalue weighted by molar-refractivity contribution is 5.88. The predicted octanol–water partition coefficient (Wildman–Crippen LogP) is 4.08. The Morgan fingerprint density at radius 2 is 1.55 bits per heavy atom. The Balaban J connectivity index is 2.38. The molecule has 104 valence electrons. The molecule has 0 bridgehead atoms. The first-order valence-corrected chi connectivity index (χ1v) is 6.55. The second kappa shape index (κ2) is 5.37. The summed E-state index contributed by atoms with van der Waals surface area (Å²) in [6.45, 7) is 6.34. The molecule has 0 aliphatic rings. The third kappa shape index (κ3) is 2.52. The Hall–Kier alpha value is -2.29. The molecule has 3 heteroatoms. The van der Waals surface area contributed by atoms with Gasteiger partial charge in [0.1, 0.15) is 0 Å². The summed E-state index contributed by atoms with van der Waals surface area (Å²) >= 11 is 0. The molecule has 3 nitrogen and oxygen atoms in total. The molecule has 0 unspecified atom stereocenters. The van der Waals surface area contributed by atoms with E-state index in [0.717, 1.165) is 11.4 Å². The van der Waals surface area contributed by atoms with Crippen LogP contribution >= 0.6 is 0 Å². The summed E-state index contributed by atoms with van der Waals surface area (Å²) in [6.07, 6.45) is 0. The lowest BCUT2D eigenvalue weighted by atomic mass is 10.0. The summed E-state index contributed by atoms with van der Waals surface area (Å²) in [6, 6.07) is 11.1. The van der Waals surface area contributed by atoms with Crippen LogP contribution in [0.4, 0.5) is 11.4 Å². The molecule has 2 aromatic rings. The Morgan fingerprint density at radius 1 is 0.950 bits per heavy atom. The van der Waals surface area contributed by atoms with Crippen molar-refractivity contribution in [2.75, 3.05) is 11.9 Å². The zero-order valence-electron chi connectivity index (χ0n) is 12.3. The molecule has 0 spiro atoms. The molecule has 0 saturated carbocycles. The molecule has 0 fully saturated rings. The molecular weight excluding hydrogens is 250 g/mol. The average molecular weight is 269 g/mol. The van der Waals surface area contributed by atoms with Crippen molar-refractivity contribution in [1.29, 1.82) is 0 Å². The fourth-order valence-electron chi connectivity index (χ4n) is 2.27. The normalized spacial score (nSPS) is 10.4. The highest BCUT2D eigenvalue weighted by atomic mass is 16.4. The van der Waals surface area contributed by atoms with Crippen molar-refractivity contribution < 1.29 is 9.90 Å². The SMILES string of the molecule is Cc1ccc(N(C)c2ccc(C(=O)O)cc2)c(C)c1C. The largest absolute Gasteiger partial charge is 0.478 e. The van der Waals surface area contributed by atoms with Crippen molar-refractivity contribution in [3.63, 3.8) is 0 Å². The van der Waals surface area contributed by atoms with Gasteiger partial charge in [-0.25, -0.2) is 4.79 Å². The van der Waals surface area contributed by atoms with Crippen LogP contribution in [0.3, 0.4) is 0 Å². The van der Waals surface area contributed by atoms with Crippen molar-refractivity contribution in [3.05, 3.63) is 58.7 Å². The molecule has 2 rings (SSSR count). The van der Waals surface area contributed by atoms with Gasteiger partial charge in [0.2, 0.25) is 0 Å². The van der Waals surface area contributed by atoms with Gasteiger partial charge < -0.3 is 10.0 Å². The van der Waals surface area contributed by atoms with Crippen LogP contribution in [0, 0.1) is 20.8 Å². The molecule has 0 aliphatic heterocycles. The molecule has 0 aliphatic carbocycles. The number of hydrogen-bond donors (Lipinski definition) is 1. The van der Waals surface area contributed by atoms with Crippen molar-refractivity contribution in [2.24, 2.45) is 0 Å². The highest BCUT2D eigenvalue weighted by Gasteiger charge is 2.10. The van der Waals surface area contributed by atoms with Crippen LogP contribution in [0.2, 0.25) is 0 Å². The third-order valence-corrected chi connectivity index (χ3v) is 3.89. The zero-order chi connectivity index (χ0) is 14.9. The van der Waals surface area contributed by atoms with Crippen LogP contribution in [-0.4, -0.2) is 18.1 Å². The van der Waals surface area contributed by atoms with Crippen LogP contribution in [0.5, 0.6) is 0 Å². The predicted molar refractivity (Wildman–Crippen MR) is 82.1 cm³/mol. The summed E-state index contributed by atoms with van der Waals surface area (Å²) in [5, 5.41) is 8.93. The van der Waals surface area contributed by atoms with Crippen LogP contribution in [0.25, 0.3) is 0 Å². The van der Waals surface area contributed by atoms with E-state index < -0.39 is 5.97 Å². The van der Waals surface area contributed by atoms with Gasteiger partial charge in [-0.3, -0.25) is 0 Å². The highest BCUT2D eigenvalue weighted by Crippen LogP contribution is 2.29. The van der Waals surface area contributed by atoms with Gasteiger partial charge in [0.25, 0.3) is 0 Å². The lowest BCUT2D eigenvalue weighted by Crippen LogP contribution is -2.12. The maximum absolute atomic E-state index is 10.9. The number of anilines is 2. The number of benzene rings is 2. The average Bonchev–Trinajstić information content (AvgIpc) is 2.44. The first kappa shape index (κ1) is 14.1. The van der Waals surface area contributed by atoms with Crippen LogP contribution in [0.1, 0.15) is 27.0 Å². The Kier molecular flexibility index (Phi) is 3.79. The summed E-state index contributed by atoms with van der Waals surface area (Å²) < 4.78 is 0. The van der Waals surface area contributed by atoms with E-state index in [0.29, 0.717) is 5.56 Å². The van der Waals surface area contributed by atoms with Crippen LogP contribution in [0.15, 0.2) is 36.4 Å². The first-order chi connectivity index (χ1) is 9.41. The van der Waals surface area contributed by atoms with Gasteiger partial charge >= 0.3 is 5.97 Å². The molecule has 0 radical (unpaired) electrons. The number of carboxylic acids is 1. The van der Waals surface area contributed by atoms with Gasteiger partial charge in [0.05, 0.1) is 5.56 Å². The summed E-state index contributed by atoms with van der Waals surface area (Å²) in [4.78, 5) is 13.0. The molecule has 1 N–H and O–H groups in total. The lowest BCUT2D eigenvalue weighted by Gasteiger charge is -2.23. The standard InChI is InChI=1S/C17H19NO2/c1-11-5-10-16(13(3)12(11)2)18(4)15-8-6-14(7-9-15)17(19)20/h5-10H,1-4H3,(H,19,20). The second-order valence-corrected chi connectivity index (χ2v) is 5.06. The molecule has 0 atom stereocenters. The Labute approximate surface area is 119 Å². The minimum atomic E-state index is -0.901. The quantitative estimate of drug-likeness (QED) is 0.912. The topological polar surface area (TPSA) is 40.5 Å². The van der Waals surface area contributed by atoms with Gasteiger partial charge in [-0.2, -0.15) is 0 Å². The van der Waals surface area contributed by atoms with Crippen molar-refractivity contribution in [1.82, 2.24) is 0 Å². The summed E-state index contributed by atoms with van der Waals surface area (Å²) in [7, 11) is 1.99. The van der Waals surface area contributed by atoms with Crippen molar-refractivity contribution >= 4 is 17.3 Å². The minimum Gasteiger partial charge on any atom is -0.478 e. The van der Waals surface area contributed by atoms with E-state index in [2.05, 4.69) is 37.8 Å². The van der Waals surface area contributed by atoms with Gasteiger partial charge in [0.15, 0.2) is 0 Å². The fraction of sp³-hybridized carbons (Fsp3) is 0.235. The monoisotopic (exact) mass is 269 g/mol. The molecule has 20 heavy (non-hydrogen) atoms. The molecule has 0 heterocycles. The van der Waals surface area contributed by atoms with Gasteiger partial charge in [-0.15, -0.1) is 0 Å². The number of rotatable bonds is 3. The van der Waals surface area contributed by atoms with E-state index in [1.807, 2.05) is 19.2 Å². The maximum Gasteiger partial charge on any atom is 0.335 e. The Morgan fingerprint density at radius 3 is 2.10 bits per heavy atom. The number of hydrogen-bond acceptors (Lipinski definition) is 2. The lowest BCUT2D eigenvalue weighted by molar-refractivity contribution is 0.0697. The van der Waals surface area contributed by atoms with Crippen LogP contribution in [-0.2, 0) is 0 Å². The Bertz CT molecular complexity index is 645. The first-order valence-electron chi connectivity index (χ1n) is 6.55. The number of nitrogens with zero attached hydrogens (tertiary/aromatic N) is 1. The molecular formula is C17H19NO2. The van der Waals surface area contributed by atoms with Crippen LogP contribution < -0.4 is 4.90 Å². The zero-order valence-corrected chi connectivity index (χ0v) is 12.3. The van der Waals surface area contributed by atoms with Gasteiger partial charge in [-0.05, 0) is 67.8 Å². The molecule has 0 saturated heterocycles. The van der Waals surface area contributed by atoms with Gasteiger partial charge in [-0.1, -0.05) is 6.07 Å². The summed E-state index contributed by atoms with van der Waals surface area (Å²) in [5.74, 6) is -0.901. The third-order valence-electron chi connectivity index (χ3n) is 3.89. The van der Waals surface area contributed by atoms with E-state index in [-0.39, 0.29) is 0 Å². The second-order valence-electron chi connectivity index (χ2n) is 5.06. The van der Waals surface area contributed by atoms with Crippen molar-refractivity contribution in [2.45, 2.75) is 20.8 Å². The van der Waals surface area contributed by atoms with Gasteiger partial charge in [0, 0.05) is 18.4 Å². The van der Waals surface area contributed by atoms with E-state index in [1.165, 1.54) is 16.7 Å². The smallest absolute Gasteiger partial charge is 0.335 e. The van der Waals surface area contributed by atoms with E-state index in [4.69, 9.17) is 5.11 Å². The van der Waals surface area contributed by atoms with E-state index in [1.54, 1.807) is 12.1 Å². The number of carbonyl (C=O) groups is 1. The van der Waals surface area contributed by atoms with E-state index >= 15 is 0 Å². The number of carboxylic acid groups (broad SMARTS) is 1. The van der Waals surface area contributed by atoms with E-state index in [9.17, 15) is 4.79 Å². The number of aryl methyl sites for hydroxylation is 1. The summed E-state index contributed by atoms with van der Waals surface area (Å²) in [5.41, 5.74) is 6.23. The maximum atomic E-state index is 10.9. The van der Waals surface area contributed by atoms with Crippen molar-refractivity contribution in [3.8, 4) is 0 Å². The number of aromatic carboxylic acids is 1. The fourth-order valence-corrected chi connectivity index (χ4v) is 2.27. The minimum absolute atomic E-state index is 0.305. The molecule has 0 amide bonds.